The zero-order valence-electron chi connectivity index (χ0n) is 12.1. The zero-order chi connectivity index (χ0) is 14.4. The van der Waals surface area contributed by atoms with Crippen molar-refractivity contribution >= 4 is 28.9 Å². The fourth-order valence-electron chi connectivity index (χ4n) is 2.37. The zero-order valence-corrected chi connectivity index (χ0v) is 13.6. The molecule has 0 bridgehead atoms. The van der Waals surface area contributed by atoms with E-state index in [1.165, 1.54) is 4.88 Å². The molecule has 1 fully saturated rings. The molecule has 0 saturated carbocycles. The number of nitrogens with one attached hydrogen (secondary N) is 1. The molecule has 1 N–H and O–H groups in total. The van der Waals surface area contributed by atoms with Gasteiger partial charge in [-0.2, -0.15) is 0 Å². The average molecular weight is 316 g/mol. The van der Waals surface area contributed by atoms with Crippen molar-refractivity contribution in [2.24, 2.45) is 10.9 Å². The van der Waals surface area contributed by atoms with Crippen LogP contribution in [0.3, 0.4) is 0 Å². The molecule has 1 aromatic heterocycles. The van der Waals surface area contributed by atoms with Crippen LogP contribution >= 0.6 is 22.9 Å². The number of hydrogen-bond donors (Lipinski definition) is 1. The predicted molar refractivity (Wildman–Crippen MR) is 86.0 cm³/mol. The second-order valence-corrected chi connectivity index (χ2v) is 6.84. The second kappa shape index (κ2) is 7.86. The number of thiophene rings is 1. The molecule has 4 nitrogen and oxygen atoms in total. The Kier molecular flexibility index (Phi) is 6.13. The van der Waals surface area contributed by atoms with Crippen LogP contribution in [-0.2, 0) is 11.2 Å². The normalized spacial score (nSPS) is 19.4. The predicted octanol–water partition coefficient (Wildman–Crippen LogP) is 2.49. The molecular formula is C14H22ClN3OS. The highest BCUT2D eigenvalue weighted by Crippen LogP contribution is 2.21. The summed E-state index contributed by atoms with van der Waals surface area (Å²) in [7, 11) is 3.90. The molecule has 2 heterocycles. The average Bonchev–Trinajstić information content (AvgIpc) is 3.06. The van der Waals surface area contributed by atoms with Gasteiger partial charge in [0.05, 0.1) is 10.9 Å². The van der Waals surface area contributed by atoms with E-state index in [1.807, 2.05) is 13.1 Å². The molecule has 6 heteroatoms. The summed E-state index contributed by atoms with van der Waals surface area (Å²) in [4.78, 5) is 7.81. The number of ether oxygens (including phenoxy) is 1. The highest BCUT2D eigenvalue weighted by atomic mass is 35.5. The van der Waals surface area contributed by atoms with Gasteiger partial charge in [0, 0.05) is 44.6 Å². The molecule has 1 aliphatic rings. The van der Waals surface area contributed by atoms with Crippen molar-refractivity contribution in [3.63, 3.8) is 0 Å². The topological polar surface area (TPSA) is 36.9 Å². The summed E-state index contributed by atoms with van der Waals surface area (Å²) in [6.45, 7) is 3.62. The summed E-state index contributed by atoms with van der Waals surface area (Å²) >= 11 is 7.57. The van der Waals surface area contributed by atoms with Gasteiger partial charge < -0.3 is 15.0 Å². The molecule has 1 unspecified atom stereocenters. The second-order valence-electron chi connectivity index (χ2n) is 5.04. The van der Waals surface area contributed by atoms with Crippen LogP contribution in [0.25, 0.3) is 0 Å². The van der Waals surface area contributed by atoms with Gasteiger partial charge in [0.25, 0.3) is 0 Å². The summed E-state index contributed by atoms with van der Waals surface area (Å²) in [6, 6.07) is 4.03. The van der Waals surface area contributed by atoms with E-state index in [9.17, 15) is 0 Å². The van der Waals surface area contributed by atoms with Crippen molar-refractivity contribution in [3.8, 4) is 0 Å². The number of guanidine groups is 1. The first-order valence-electron chi connectivity index (χ1n) is 6.92. The summed E-state index contributed by atoms with van der Waals surface area (Å²) in [5.41, 5.74) is 0. The molecule has 0 aromatic carbocycles. The lowest BCUT2D eigenvalue weighted by Crippen LogP contribution is -2.42. The van der Waals surface area contributed by atoms with Crippen LogP contribution in [0.4, 0.5) is 0 Å². The van der Waals surface area contributed by atoms with Gasteiger partial charge in [0.15, 0.2) is 5.96 Å². The Morgan fingerprint density at radius 3 is 3.05 bits per heavy atom. The van der Waals surface area contributed by atoms with Gasteiger partial charge in [-0.15, -0.1) is 11.3 Å². The van der Waals surface area contributed by atoms with E-state index in [4.69, 9.17) is 16.3 Å². The monoisotopic (exact) mass is 315 g/mol. The minimum atomic E-state index is 0.620. The summed E-state index contributed by atoms with van der Waals surface area (Å²) in [5, 5.41) is 3.40. The third-order valence-corrected chi connectivity index (χ3v) is 4.70. The van der Waals surface area contributed by atoms with Crippen LogP contribution < -0.4 is 5.32 Å². The highest BCUT2D eigenvalue weighted by molar-refractivity contribution is 7.16. The van der Waals surface area contributed by atoms with Crippen LogP contribution in [0.2, 0.25) is 4.34 Å². The Morgan fingerprint density at radius 2 is 2.45 bits per heavy atom. The summed E-state index contributed by atoms with van der Waals surface area (Å²) in [5.74, 6) is 1.56. The molecule has 112 valence electrons. The van der Waals surface area contributed by atoms with E-state index in [2.05, 4.69) is 28.3 Å². The molecular weight excluding hydrogens is 294 g/mol. The van der Waals surface area contributed by atoms with Gasteiger partial charge in [-0.25, -0.2) is 0 Å². The third kappa shape index (κ3) is 4.65. The van der Waals surface area contributed by atoms with Crippen LogP contribution in [0.15, 0.2) is 17.1 Å². The largest absolute Gasteiger partial charge is 0.381 e. The number of rotatable bonds is 5. The van der Waals surface area contributed by atoms with Crippen molar-refractivity contribution < 1.29 is 4.74 Å². The molecule has 0 spiro atoms. The lowest BCUT2D eigenvalue weighted by Gasteiger charge is -2.24. The fraction of sp³-hybridized carbons (Fsp3) is 0.643. The van der Waals surface area contributed by atoms with E-state index < -0.39 is 0 Å². The fourth-order valence-corrected chi connectivity index (χ4v) is 3.46. The van der Waals surface area contributed by atoms with Crippen molar-refractivity contribution in [2.75, 3.05) is 40.4 Å². The Labute approximate surface area is 129 Å². The van der Waals surface area contributed by atoms with Gasteiger partial charge in [-0.1, -0.05) is 11.6 Å². The third-order valence-electron chi connectivity index (χ3n) is 3.41. The van der Waals surface area contributed by atoms with E-state index in [0.717, 1.165) is 49.4 Å². The van der Waals surface area contributed by atoms with E-state index >= 15 is 0 Å². The van der Waals surface area contributed by atoms with E-state index in [-0.39, 0.29) is 0 Å². The number of halogens is 1. The van der Waals surface area contributed by atoms with Crippen LogP contribution in [0.1, 0.15) is 11.3 Å². The Balaban J connectivity index is 1.73. The van der Waals surface area contributed by atoms with E-state index in [1.54, 1.807) is 11.3 Å². The molecule has 1 aliphatic heterocycles. The molecule has 0 amide bonds. The Morgan fingerprint density at radius 1 is 1.60 bits per heavy atom. The number of aliphatic imine (C=N–C) groups is 1. The molecule has 20 heavy (non-hydrogen) atoms. The lowest BCUT2D eigenvalue weighted by molar-refractivity contribution is 0.181. The minimum Gasteiger partial charge on any atom is -0.381 e. The van der Waals surface area contributed by atoms with Gasteiger partial charge in [-0.05, 0) is 25.0 Å². The van der Waals surface area contributed by atoms with Crippen LogP contribution in [0, 0.1) is 5.92 Å². The Bertz CT molecular complexity index is 443. The van der Waals surface area contributed by atoms with Crippen LogP contribution in [-0.4, -0.2) is 51.3 Å². The van der Waals surface area contributed by atoms with Crippen molar-refractivity contribution in [1.82, 2.24) is 10.2 Å². The van der Waals surface area contributed by atoms with Crippen molar-refractivity contribution in [3.05, 3.63) is 21.3 Å². The number of nitrogens with zero attached hydrogens (tertiary/aromatic N) is 2. The van der Waals surface area contributed by atoms with Gasteiger partial charge in [0.2, 0.25) is 0 Å². The summed E-state index contributed by atoms with van der Waals surface area (Å²) in [6.07, 6.45) is 2.12. The molecule has 0 radical (unpaired) electrons. The van der Waals surface area contributed by atoms with Gasteiger partial charge in [-0.3, -0.25) is 4.99 Å². The lowest BCUT2D eigenvalue weighted by atomic mass is 10.1. The maximum atomic E-state index is 5.93. The van der Waals surface area contributed by atoms with Gasteiger partial charge in [0.1, 0.15) is 0 Å². The minimum absolute atomic E-state index is 0.620. The first kappa shape index (κ1) is 15.6. The van der Waals surface area contributed by atoms with Crippen LogP contribution in [0.5, 0.6) is 0 Å². The Hall–Kier alpha value is -0.780. The molecule has 1 atom stereocenters. The standard InChI is InChI=1S/C14H22ClN3OS/c1-16-14(18(2)9-11-6-8-19-10-11)17-7-5-12-3-4-13(15)20-12/h3-4,11H,5-10H2,1-2H3,(H,16,17). The SMILES string of the molecule is CN=C(NCCc1ccc(Cl)s1)N(C)CC1CCOC1. The molecule has 1 aromatic rings. The van der Waals surface area contributed by atoms with Crippen molar-refractivity contribution in [2.45, 2.75) is 12.8 Å². The quantitative estimate of drug-likeness (QED) is 0.670. The smallest absolute Gasteiger partial charge is 0.193 e. The summed E-state index contributed by atoms with van der Waals surface area (Å²) < 4.78 is 6.26. The van der Waals surface area contributed by atoms with Crippen molar-refractivity contribution in [1.29, 1.82) is 0 Å². The molecule has 2 rings (SSSR count). The molecule has 0 aliphatic carbocycles. The highest BCUT2D eigenvalue weighted by Gasteiger charge is 2.18. The number of hydrogen-bond acceptors (Lipinski definition) is 3. The maximum absolute atomic E-state index is 5.93. The first-order chi connectivity index (χ1) is 9.69. The van der Waals surface area contributed by atoms with E-state index in [0.29, 0.717) is 5.92 Å². The molecule has 1 saturated heterocycles. The van der Waals surface area contributed by atoms with Gasteiger partial charge >= 0.3 is 0 Å². The first-order valence-corrected chi connectivity index (χ1v) is 8.12. The maximum Gasteiger partial charge on any atom is 0.193 e.